The number of pyridine rings is 1. The van der Waals surface area contributed by atoms with Gasteiger partial charge in [-0.2, -0.15) is 0 Å². The highest BCUT2D eigenvalue weighted by Crippen LogP contribution is 2.38. The molecule has 0 fully saturated rings. The number of nitrogens with zero attached hydrogens (tertiary/aromatic N) is 1. The molecule has 0 aliphatic heterocycles. The van der Waals surface area contributed by atoms with Gasteiger partial charge in [0.25, 0.3) is 0 Å². The first-order valence-corrected chi connectivity index (χ1v) is 8.58. The summed E-state index contributed by atoms with van der Waals surface area (Å²) >= 11 is 0. The zero-order valence-corrected chi connectivity index (χ0v) is 14.0. The van der Waals surface area contributed by atoms with Crippen LogP contribution in [0.1, 0.15) is 13.9 Å². The Kier molecular flexibility index (Phi) is 3.06. The molecule has 0 atom stereocenters. The second-order valence-electron chi connectivity index (χ2n) is 6.17. The highest BCUT2D eigenvalue weighted by atomic mass is 16.3. The molecule has 2 heteroatoms. The summed E-state index contributed by atoms with van der Waals surface area (Å²) in [7, 11) is 0. The molecule has 0 saturated heterocycles. The number of rotatable bonds is 3. The van der Waals surface area contributed by atoms with Crippen LogP contribution >= 0.6 is 0 Å². The summed E-state index contributed by atoms with van der Waals surface area (Å²) in [5, 5.41) is 1.71. The van der Waals surface area contributed by atoms with E-state index in [1.54, 1.807) is 6.20 Å². The van der Waals surface area contributed by atoms with E-state index in [9.17, 15) is 0 Å². The third-order valence-corrected chi connectivity index (χ3v) is 4.52. The number of furan rings is 1. The normalized spacial score (nSPS) is 12.9. The van der Waals surface area contributed by atoms with Crippen molar-refractivity contribution in [3.63, 3.8) is 0 Å². The quantitative estimate of drug-likeness (QED) is 0.389. The first kappa shape index (κ1) is 12.9. The molecule has 0 radical (unpaired) electrons. The first-order chi connectivity index (χ1) is 13.7. The number of hydrogen-bond donors (Lipinski definition) is 0. The summed E-state index contributed by atoms with van der Waals surface area (Å²) < 4.78 is 24.0. The fraction of sp³-hybridized carbons (Fsp3) is 0.0417. The van der Waals surface area contributed by atoms with Gasteiger partial charge in [0, 0.05) is 25.3 Å². The van der Waals surface area contributed by atoms with E-state index in [1.165, 1.54) is 0 Å². The van der Waals surface area contributed by atoms with Crippen LogP contribution < -0.4 is 0 Å². The molecule has 2 aromatic heterocycles. The van der Waals surface area contributed by atoms with Crippen LogP contribution in [0.4, 0.5) is 0 Å². The van der Waals surface area contributed by atoms with Crippen LogP contribution in [0.25, 0.3) is 33.2 Å². The van der Waals surface area contributed by atoms with E-state index in [4.69, 9.17) is 7.16 Å². The van der Waals surface area contributed by atoms with Gasteiger partial charge in [-0.15, -0.1) is 0 Å². The second-order valence-corrected chi connectivity index (χ2v) is 6.17. The molecule has 0 spiro atoms. The third kappa shape index (κ3) is 2.47. The molecule has 2 heterocycles. The first-order valence-electron chi connectivity index (χ1n) is 9.58. The van der Waals surface area contributed by atoms with E-state index >= 15 is 0 Å². The Hall–Kier alpha value is -3.39. The molecule has 0 bridgehead atoms. The summed E-state index contributed by atoms with van der Waals surface area (Å²) in [4.78, 5) is 4.47. The van der Waals surface area contributed by atoms with Crippen LogP contribution in [0.5, 0.6) is 0 Å². The topological polar surface area (TPSA) is 26.0 Å². The Morgan fingerprint density at radius 1 is 0.808 bits per heavy atom. The number of para-hydroxylation sites is 1. The highest BCUT2D eigenvalue weighted by Gasteiger charge is 2.16. The Bertz CT molecular complexity index is 1280. The molecule has 3 aromatic carbocycles. The predicted molar refractivity (Wildman–Crippen MR) is 106 cm³/mol. The Morgan fingerprint density at radius 3 is 2.46 bits per heavy atom. The summed E-state index contributed by atoms with van der Waals surface area (Å²) in [6, 6.07) is 26.6. The van der Waals surface area contributed by atoms with Gasteiger partial charge in [0.1, 0.15) is 11.2 Å². The van der Waals surface area contributed by atoms with Crippen molar-refractivity contribution in [2.24, 2.45) is 0 Å². The van der Waals surface area contributed by atoms with Crippen molar-refractivity contribution in [1.29, 1.82) is 0 Å². The molecule has 0 aliphatic carbocycles. The SMILES string of the molecule is [2H]C([2H])(c1ccccc1)c1ccc(-c2ccccn2)c2oc3ccccc3c12. The van der Waals surface area contributed by atoms with E-state index in [0.717, 1.165) is 27.6 Å². The molecular formula is C24H17NO. The molecule has 0 saturated carbocycles. The minimum atomic E-state index is -1.66. The highest BCUT2D eigenvalue weighted by molar-refractivity contribution is 6.11. The lowest BCUT2D eigenvalue weighted by atomic mass is 9.96. The maximum absolute atomic E-state index is 8.89. The predicted octanol–water partition coefficient (Wildman–Crippen LogP) is 6.24. The van der Waals surface area contributed by atoms with Crippen LogP contribution in [-0.4, -0.2) is 4.98 Å². The molecule has 26 heavy (non-hydrogen) atoms. The van der Waals surface area contributed by atoms with Gasteiger partial charge in [0.2, 0.25) is 0 Å². The van der Waals surface area contributed by atoms with Gasteiger partial charge in [-0.25, -0.2) is 0 Å². The molecule has 5 aromatic rings. The fourth-order valence-corrected chi connectivity index (χ4v) is 3.33. The van der Waals surface area contributed by atoms with Crippen molar-refractivity contribution >= 4 is 21.9 Å². The van der Waals surface area contributed by atoms with Crippen LogP contribution in [0.15, 0.2) is 95.5 Å². The maximum atomic E-state index is 8.89. The van der Waals surface area contributed by atoms with Crippen molar-refractivity contribution < 1.29 is 7.16 Å². The average molecular weight is 337 g/mol. The zero-order valence-electron chi connectivity index (χ0n) is 16.0. The molecule has 5 rings (SSSR count). The molecule has 0 N–H and O–H groups in total. The zero-order chi connectivity index (χ0) is 19.1. The number of aromatic nitrogens is 1. The summed E-state index contributed by atoms with van der Waals surface area (Å²) in [6.45, 7) is 0. The van der Waals surface area contributed by atoms with E-state index in [0.29, 0.717) is 16.7 Å². The molecule has 0 aliphatic rings. The minimum absolute atomic E-state index is 0.596. The van der Waals surface area contributed by atoms with Crippen molar-refractivity contribution in [2.75, 3.05) is 0 Å². The van der Waals surface area contributed by atoms with E-state index < -0.39 is 6.37 Å². The third-order valence-electron chi connectivity index (χ3n) is 4.52. The van der Waals surface area contributed by atoms with Crippen molar-refractivity contribution in [1.82, 2.24) is 4.98 Å². The average Bonchev–Trinajstić information content (AvgIpc) is 3.14. The number of benzene rings is 3. The van der Waals surface area contributed by atoms with Gasteiger partial charge in [0.15, 0.2) is 0 Å². The maximum Gasteiger partial charge on any atom is 0.145 e. The molecule has 0 unspecified atom stereocenters. The smallest absolute Gasteiger partial charge is 0.145 e. The molecule has 124 valence electrons. The lowest BCUT2D eigenvalue weighted by molar-refractivity contribution is 0.669. The fourth-order valence-electron chi connectivity index (χ4n) is 3.33. The Labute approximate surface area is 154 Å². The second kappa shape index (κ2) is 6.16. The Balaban J connectivity index is 1.87. The number of fused-ring (bicyclic) bond motifs is 3. The molecule has 0 amide bonds. The van der Waals surface area contributed by atoms with Gasteiger partial charge < -0.3 is 4.42 Å². The summed E-state index contributed by atoms with van der Waals surface area (Å²) in [6.07, 6.45) is 0.0930. The van der Waals surface area contributed by atoms with Crippen LogP contribution in [-0.2, 0) is 6.37 Å². The summed E-state index contributed by atoms with van der Waals surface area (Å²) in [5.74, 6) is 0. The Morgan fingerprint density at radius 2 is 1.62 bits per heavy atom. The number of hydrogen-bond acceptors (Lipinski definition) is 2. The van der Waals surface area contributed by atoms with Crippen molar-refractivity contribution in [3.05, 3.63) is 102 Å². The molecular weight excluding hydrogens is 318 g/mol. The van der Waals surface area contributed by atoms with Gasteiger partial charge in [-0.05, 0) is 41.8 Å². The van der Waals surface area contributed by atoms with Gasteiger partial charge in [-0.1, -0.05) is 60.7 Å². The van der Waals surface area contributed by atoms with E-state index in [1.807, 2.05) is 84.9 Å². The minimum Gasteiger partial charge on any atom is -0.455 e. The molecule has 2 nitrogen and oxygen atoms in total. The van der Waals surface area contributed by atoms with E-state index in [2.05, 4.69) is 4.98 Å². The summed E-state index contributed by atoms with van der Waals surface area (Å²) in [5.41, 5.74) is 4.28. The van der Waals surface area contributed by atoms with Crippen molar-refractivity contribution in [2.45, 2.75) is 6.37 Å². The van der Waals surface area contributed by atoms with Crippen LogP contribution in [0, 0.1) is 0 Å². The monoisotopic (exact) mass is 337 g/mol. The van der Waals surface area contributed by atoms with Gasteiger partial charge >= 0.3 is 0 Å². The standard InChI is InChI=1S/C24H17NO/c1-2-8-17(9-3-1)16-18-13-14-19(21-11-6-7-15-25-21)24-23(18)20-10-4-5-12-22(20)26-24/h1-15H,16H2/i16D2. The van der Waals surface area contributed by atoms with Crippen molar-refractivity contribution in [3.8, 4) is 11.3 Å². The lowest BCUT2D eigenvalue weighted by Crippen LogP contribution is -1.91. The lowest BCUT2D eigenvalue weighted by Gasteiger charge is -2.07. The largest absolute Gasteiger partial charge is 0.455 e. The van der Waals surface area contributed by atoms with Gasteiger partial charge in [0.05, 0.1) is 5.69 Å². The van der Waals surface area contributed by atoms with Crippen LogP contribution in [0.2, 0.25) is 0 Å². The van der Waals surface area contributed by atoms with Gasteiger partial charge in [-0.3, -0.25) is 4.98 Å². The van der Waals surface area contributed by atoms with Crippen LogP contribution in [0.3, 0.4) is 0 Å². The van der Waals surface area contributed by atoms with E-state index in [-0.39, 0.29) is 0 Å².